The van der Waals surface area contributed by atoms with E-state index in [0.29, 0.717) is 29.3 Å². The van der Waals surface area contributed by atoms with Crippen LogP contribution >= 0.6 is 11.6 Å². The molecule has 4 N–H and O–H groups in total. The number of nitrogens with one attached hydrogen (secondary N) is 1. The lowest BCUT2D eigenvalue weighted by Gasteiger charge is -2.51. The molecule has 8 nitrogen and oxygen atoms in total. The minimum Gasteiger partial charge on any atom is -0.397 e. The van der Waals surface area contributed by atoms with E-state index in [-0.39, 0.29) is 18.2 Å². The summed E-state index contributed by atoms with van der Waals surface area (Å²) in [6.07, 6.45) is 5.01. The molecule has 1 saturated heterocycles. The van der Waals surface area contributed by atoms with Crippen molar-refractivity contribution in [3.8, 4) is 11.1 Å². The second kappa shape index (κ2) is 8.44. The molecule has 10 heteroatoms. The van der Waals surface area contributed by atoms with Gasteiger partial charge in [0.2, 0.25) is 5.95 Å². The average molecular weight is 443 g/mol. The number of rotatable bonds is 6. The summed E-state index contributed by atoms with van der Waals surface area (Å²) < 4.78 is 13.1. The number of halogens is 2. The van der Waals surface area contributed by atoms with Gasteiger partial charge in [0.25, 0.3) is 5.91 Å². The molecule has 2 aromatic heterocycles. The summed E-state index contributed by atoms with van der Waals surface area (Å²) in [7, 11) is 0. The van der Waals surface area contributed by atoms with Crippen LogP contribution < -0.4 is 16.0 Å². The van der Waals surface area contributed by atoms with Gasteiger partial charge in [-0.2, -0.15) is 4.39 Å². The Morgan fingerprint density at radius 2 is 2.00 bits per heavy atom. The number of nitrogen functional groups attached to an aromatic ring is 1. The highest BCUT2D eigenvalue weighted by molar-refractivity contribution is 6.19. The minimum atomic E-state index is -0.574. The van der Waals surface area contributed by atoms with Gasteiger partial charge in [-0.3, -0.25) is 4.79 Å². The minimum absolute atomic E-state index is 0.0837. The lowest BCUT2D eigenvalue weighted by molar-refractivity contribution is 0.102. The number of hydrogen-bond donors (Lipinski definition) is 3. The van der Waals surface area contributed by atoms with Crippen molar-refractivity contribution in [1.29, 1.82) is 0 Å². The van der Waals surface area contributed by atoms with Crippen molar-refractivity contribution in [3.63, 3.8) is 0 Å². The molecule has 0 aliphatic carbocycles. The molecule has 1 aliphatic rings. The summed E-state index contributed by atoms with van der Waals surface area (Å²) >= 11 is 6.01. The molecule has 4 rings (SSSR count). The fourth-order valence-electron chi connectivity index (χ4n) is 3.40. The molecule has 1 unspecified atom stereocenters. The number of nitrogens with zero attached hydrogens (tertiary/aromatic N) is 4. The number of nitrogens with two attached hydrogens (primary N) is 1. The highest BCUT2D eigenvalue weighted by Gasteiger charge is 2.44. The topological polar surface area (TPSA) is 117 Å². The van der Waals surface area contributed by atoms with E-state index in [1.807, 2.05) is 4.90 Å². The zero-order chi connectivity index (χ0) is 22.0. The number of amides is 1. The summed E-state index contributed by atoms with van der Waals surface area (Å²) in [5.41, 5.74) is 7.73. The van der Waals surface area contributed by atoms with Gasteiger partial charge in [-0.1, -0.05) is 6.07 Å². The lowest BCUT2D eigenvalue weighted by atomic mass is 9.87. The van der Waals surface area contributed by atoms with E-state index in [1.165, 1.54) is 24.7 Å². The largest absolute Gasteiger partial charge is 0.397 e. The number of alkyl halides is 1. The van der Waals surface area contributed by atoms with Crippen molar-refractivity contribution in [1.82, 2.24) is 15.0 Å². The van der Waals surface area contributed by atoms with E-state index in [9.17, 15) is 14.3 Å². The smallest absolute Gasteiger partial charge is 0.275 e. The number of pyridine rings is 1. The maximum atomic E-state index is 13.1. The molecule has 31 heavy (non-hydrogen) atoms. The number of aliphatic hydroxyl groups is 1. The van der Waals surface area contributed by atoms with E-state index in [2.05, 4.69) is 20.3 Å². The summed E-state index contributed by atoms with van der Waals surface area (Å²) in [5.74, 6) is -0.236. The molecule has 1 amide bonds. The van der Waals surface area contributed by atoms with Gasteiger partial charge >= 0.3 is 0 Å². The zero-order valence-electron chi connectivity index (χ0n) is 16.4. The first-order chi connectivity index (χ1) is 15.0. The van der Waals surface area contributed by atoms with Crippen LogP contribution in [0.2, 0.25) is 0 Å². The molecule has 1 aromatic carbocycles. The van der Waals surface area contributed by atoms with Crippen LogP contribution in [0, 0.1) is 5.95 Å². The lowest BCUT2D eigenvalue weighted by Crippen LogP contribution is -2.64. The number of carbonyl (C=O) groups is 1. The molecule has 1 aliphatic heterocycles. The number of aromatic nitrogens is 3. The Morgan fingerprint density at radius 1 is 1.19 bits per heavy atom. The van der Waals surface area contributed by atoms with Crippen LogP contribution in [0.15, 0.2) is 48.9 Å². The molecular weight excluding hydrogens is 423 g/mol. The first-order valence-electron chi connectivity index (χ1n) is 9.55. The standard InChI is InChI=1S/C21H20ClFN6O2/c22-11-21(12-30)5-6-29(21)19-10-25-17(9-27-19)20(31)28-16-7-13(1-3-15(16)24)14-2-4-18(23)26-8-14/h1-4,7-10,30H,5-6,11-12,24H2,(H,28,31). The first-order valence-corrected chi connectivity index (χ1v) is 10.1. The molecule has 3 aromatic rings. The zero-order valence-corrected chi connectivity index (χ0v) is 17.2. The maximum Gasteiger partial charge on any atom is 0.275 e. The molecule has 0 bridgehead atoms. The van der Waals surface area contributed by atoms with Gasteiger partial charge in [0.1, 0.15) is 11.5 Å². The Bertz CT molecular complexity index is 1080. The number of carbonyl (C=O) groups excluding carboxylic acids is 1. The molecule has 0 spiro atoms. The normalized spacial score (nSPS) is 17.8. The van der Waals surface area contributed by atoms with E-state index < -0.39 is 17.4 Å². The Morgan fingerprint density at radius 3 is 2.58 bits per heavy atom. The molecule has 3 heterocycles. The molecule has 160 valence electrons. The SMILES string of the molecule is Nc1ccc(-c2ccc(F)nc2)cc1NC(=O)c1cnc(N2CCC2(CO)CCl)cn1. The Kier molecular flexibility index (Phi) is 5.71. The van der Waals surface area contributed by atoms with Crippen molar-refractivity contribution >= 4 is 34.7 Å². The van der Waals surface area contributed by atoms with Crippen molar-refractivity contribution in [3.05, 3.63) is 60.6 Å². The number of aliphatic hydroxyl groups excluding tert-OH is 1. The third-order valence-electron chi connectivity index (χ3n) is 5.43. The van der Waals surface area contributed by atoms with E-state index in [1.54, 1.807) is 24.3 Å². The quantitative estimate of drug-likeness (QED) is 0.305. The summed E-state index contributed by atoms with van der Waals surface area (Å²) in [6.45, 7) is 0.620. The van der Waals surface area contributed by atoms with Crippen LogP contribution in [-0.4, -0.2) is 50.5 Å². The predicted octanol–water partition coefficient (Wildman–Crippen LogP) is 2.69. The second-order valence-corrected chi connectivity index (χ2v) is 7.57. The summed E-state index contributed by atoms with van der Waals surface area (Å²) in [6, 6.07) is 7.93. The van der Waals surface area contributed by atoms with Crippen molar-refractivity contribution < 1.29 is 14.3 Å². The summed E-state index contributed by atoms with van der Waals surface area (Å²) in [4.78, 5) is 26.7. The molecule has 0 saturated carbocycles. The monoisotopic (exact) mass is 442 g/mol. The second-order valence-electron chi connectivity index (χ2n) is 7.30. The summed E-state index contributed by atoms with van der Waals surface area (Å²) in [5, 5.41) is 12.4. The highest BCUT2D eigenvalue weighted by Crippen LogP contribution is 2.35. The van der Waals surface area contributed by atoms with Crippen LogP contribution in [0.3, 0.4) is 0 Å². The first kappa shape index (κ1) is 21.0. The van der Waals surface area contributed by atoms with Gasteiger partial charge in [-0.25, -0.2) is 15.0 Å². The average Bonchev–Trinajstić information content (AvgIpc) is 2.77. The Balaban J connectivity index is 1.51. The van der Waals surface area contributed by atoms with Gasteiger partial charge in [-0.05, 0) is 36.2 Å². The van der Waals surface area contributed by atoms with Gasteiger partial charge in [-0.15, -0.1) is 11.6 Å². The highest BCUT2D eigenvalue weighted by atomic mass is 35.5. The Hall–Kier alpha value is -3.30. The van der Waals surface area contributed by atoms with E-state index >= 15 is 0 Å². The predicted molar refractivity (Wildman–Crippen MR) is 117 cm³/mol. The fourth-order valence-corrected chi connectivity index (χ4v) is 3.76. The van der Waals surface area contributed by atoms with Crippen LogP contribution in [-0.2, 0) is 0 Å². The molecule has 1 atom stereocenters. The molecular formula is C21H20ClFN6O2. The van der Waals surface area contributed by atoms with Crippen molar-refractivity contribution in [2.75, 3.05) is 35.0 Å². The molecule has 1 fully saturated rings. The fraction of sp³-hybridized carbons (Fsp3) is 0.238. The number of benzene rings is 1. The number of anilines is 3. The van der Waals surface area contributed by atoms with Gasteiger partial charge < -0.3 is 21.1 Å². The van der Waals surface area contributed by atoms with Crippen LogP contribution in [0.4, 0.5) is 21.6 Å². The van der Waals surface area contributed by atoms with E-state index in [4.69, 9.17) is 17.3 Å². The number of hydrogen-bond acceptors (Lipinski definition) is 7. The third kappa shape index (κ3) is 4.01. The maximum absolute atomic E-state index is 13.1. The van der Waals surface area contributed by atoms with Gasteiger partial charge in [0.05, 0.1) is 35.9 Å². The van der Waals surface area contributed by atoms with Crippen molar-refractivity contribution in [2.24, 2.45) is 0 Å². The third-order valence-corrected chi connectivity index (χ3v) is 5.92. The van der Waals surface area contributed by atoms with Gasteiger partial charge in [0.15, 0.2) is 0 Å². The van der Waals surface area contributed by atoms with Crippen molar-refractivity contribution in [2.45, 2.75) is 12.0 Å². The van der Waals surface area contributed by atoms with Crippen LogP contribution in [0.1, 0.15) is 16.9 Å². The Labute approximate surface area is 182 Å². The van der Waals surface area contributed by atoms with Crippen LogP contribution in [0.5, 0.6) is 0 Å². The van der Waals surface area contributed by atoms with Gasteiger partial charge in [0, 0.05) is 24.2 Å². The van der Waals surface area contributed by atoms with E-state index in [0.717, 1.165) is 12.0 Å². The van der Waals surface area contributed by atoms with Crippen LogP contribution in [0.25, 0.3) is 11.1 Å². The molecule has 0 radical (unpaired) electrons.